The van der Waals surface area contributed by atoms with Gasteiger partial charge in [0.25, 0.3) is 0 Å². The zero-order valence-corrected chi connectivity index (χ0v) is 27.8. The summed E-state index contributed by atoms with van der Waals surface area (Å²) in [6.45, 7) is 0.403. The van der Waals surface area contributed by atoms with E-state index in [4.69, 9.17) is 14.7 Å². The first-order chi connectivity index (χ1) is 23.4. The highest BCUT2D eigenvalue weighted by Gasteiger charge is 2.32. The van der Waals surface area contributed by atoms with Crippen molar-refractivity contribution in [2.24, 2.45) is 7.05 Å². The van der Waals surface area contributed by atoms with Crippen molar-refractivity contribution in [2.45, 2.75) is 81.8 Å². The highest BCUT2D eigenvalue weighted by molar-refractivity contribution is 7.99. The van der Waals surface area contributed by atoms with Crippen molar-refractivity contribution in [3.63, 3.8) is 0 Å². The number of thioether (sulfide) groups is 1. The maximum atomic E-state index is 12.5. The molecule has 1 aliphatic heterocycles. The molecule has 0 saturated carbocycles. The van der Waals surface area contributed by atoms with E-state index in [2.05, 4.69) is 33.0 Å². The maximum absolute atomic E-state index is 12.5. The molecule has 5 rings (SSSR count). The summed E-state index contributed by atoms with van der Waals surface area (Å²) >= 11 is 1.54. The highest BCUT2D eigenvalue weighted by Crippen LogP contribution is 2.39. The number of aliphatic hydroxyl groups is 1. The van der Waals surface area contributed by atoms with Gasteiger partial charge in [-0.3, -0.25) is 14.8 Å². The first-order valence-corrected chi connectivity index (χ1v) is 17.2. The molecule has 3 unspecified atom stereocenters. The lowest BCUT2D eigenvalue weighted by molar-refractivity contribution is -0.245. The van der Waals surface area contributed by atoms with Gasteiger partial charge in [-0.05, 0) is 51.1 Å². The van der Waals surface area contributed by atoms with Crippen LogP contribution in [-0.2, 0) is 39.3 Å². The average molecular weight is 675 g/mol. The Labute approximate surface area is 284 Å². The zero-order chi connectivity index (χ0) is 33.7. The minimum Gasteiger partial charge on any atom is -0.392 e. The molecule has 1 aliphatic rings. The Hall–Kier alpha value is -4.14. The topological polar surface area (TPSA) is 161 Å². The molecule has 1 aromatic heterocycles. The molecule has 48 heavy (non-hydrogen) atoms. The minimum atomic E-state index is -0.583. The van der Waals surface area contributed by atoms with Crippen molar-refractivity contribution in [1.82, 2.24) is 31.0 Å². The third-order valence-corrected chi connectivity index (χ3v) is 9.41. The lowest BCUT2D eigenvalue weighted by Crippen LogP contribution is -2.31. The summed E-state index contributed by atoms with van der Waals surface area (Å²) in [6, 6.07) is 24.0. The molecule has 1 saturated heterocycles. The van der Waals surface area contributed by atoms with E-state index < -0.39 is 6.29 Å². The molecule has 13 heteroatoms. The lowest BCUT2D eigenvalue weighted by atomic mass is 9.97. The number of aromatic nitrogens is 4. The van der Waals surface area contributed by atoms with Crippen LogP contribution < -0.4 is 10.8 Å². The van der Waals surface area contributed by atoms with E-state index in [0.29, 0.717) is 36.7 Å². The molecule has 1 fully saturated rings. The van der Waals surface area contributed by atoms with Crippen LogP contribution in [0.5, 0.6) is 0 Å². The van der Waals surface area contributed by atoms with Crippen LogP contribution in [0.15, 0.2) is 78.0 Å². The SMILES string of the molecule is Cn1nnnc1SCC1CC(c2ccc(CO)cc2)OC(c2ccc(-c3ccccc3CNC(=O)CCCCCCC(=O)NO)cc2)O1. The molecule has 4 N–H and O–H groups in total. The number of tetrazole rings is 1. The van der Waals surface area contributed by atoms with Gasteiger partial charge in [0, 0.05) is 44.2 Å². The van der Waals surface area contributed by atoms with Gasteiger partial charge in [0.2, 0.25) is 17.0 Å². The number of aryl methyl sites for hydroxylation is 1. The Bertz CT molecular complexity index is 1620. The van der Waals surface area contributed by atoms with Crippen LogP contribution in [0.3, 0.4) is 0 Å². The number of ether oxygens (including phenoxy) is 2. The monoisotopic (exact) mass is 674 g/mol. The van der Waals surface area contributed by atoms with Crippen molar-refractivity contribution in [1.29, 1.82) is 0 Å². The Morgan fingerprint density at radius 2 is 1.62 bits per heavy atom. The van der Waals surface area contributed by atoms with Gasteiger partial charge in [0.1, 0.15) is 0 Å². The number of unbranched alkanes of at least 4 members (excludes halogenated alkanes) is 3. The van der Waals surface area contributed by atoms with E-state index in [-0.39, 0.29) is 37.0 Å². The zero-order valence-electron chi connectivity index (χ0n) is 27.0. The molecule has 0 spiro atoms. The second kappa shape index (κ2) is 17.9. The predicted octanol–water partition coefficient (Wildman–Crippen LogP) is 5.17. The standard InChI is InChI=1S/C35H42N6O6S/c1-41-35(37-39-40-41)48-23-29-20-31(26-14-12-24(22-42)13-15-26)47-34(46-29)27-18-16-25(17-19-27)30-9-7-6-8-28(30)21-36-32(43)10-4-2-3-5-11-33(44)38-45/h6-9,12-19,29,31,34,42,45H,2-5,10-11,20-23H2,1H3,(H,36,43)(H,38,44). The van der Waals surface area contributed by atoms with Gasteiger partial charge in [-0.15, -0.1) is 5.10 Å². The number of nitrogens with one attached hydrogen (secondary N) is 2. The van der Waals surface area contributed by atoms with Crippen molar-refractivity contribution < 1.29 is 29.4 Å². The number of hydrogen-bond donors (Lipinski definition) is 4. The number of benzene rings is 3. The molecule has 2 heterocycles. The van der Waals surface area contributed by atoms with Crippen molar-refractivity contribution in [3.05, 3.63) is 95.1 Å². The van der Waals surface area contributed by atoms with Crippen molar-refractivity contribution in [2.75, 3.05) is 5.75 Å². The second-order valence-electron chi connectivity index (χ2n) is 11.8. The van der Waals surface area contributed by atoms with E-state index in [1.165, 1.54) is 11.8 Å². The molecule has 0 bridgehead atoms. The molecule has 12 nitrogen and oxygen atoms in total. The van der Waals surface area contributed by atoms with Gasteiger partial charge in [-0.2, -0.15) is 0 Å². The Morgan fingerprint density at radius 1 is 0.917 bits per heavy atom. The van der Waals surface area contributed by atoms with Crippen LogP contribution in [0.4, 0.5) is 0 Å². The maximum Gasteiger partial charge on any atom is 0.243 e. The third-order valence-electron chi connectivity index (χ3n) is 8.26. The summed E-state index contributed by atoms with van der Waals surface area (Å²) in [5.41, 5.74) is 7.47. The van der Waals surface area contributed by atoms with E-state index in [1.54, 1.807) is 10.2 Å². The van der Waals surface area contributed by atoms with Crippen LogP contribution in [0.25, 0.3) is 11.1 Å². The Balaban J connectivity index is 1.21. The van der Waals surface area contributed by atoms with Crippen molar-refractivity contribution in [3.8, 4) is 11.1 Å². The summed E-state index contributed by atoms with van der Waals surface area (Å²) in [4.78, 5) is 23.6. The van der Waals surface area contributed by atoms with Crippen LogP contribution in [0, 0.1) is 0 Å². The smallest absolute Gasteiger partial charge is 0.243 e. The lowest BCUT2D eigenvalue weighted by Gasteiger charge is -2.36. The van der Waals surface area contributed by atoms with Gasteiger partial charge in [-0.25, -0.2) is 10.2 Å². The predicted molar refractivity (Wildman–Crippen MR) is 179 cm³/mol. The fourth-order valence-electron chi connectivity index (χ4n) is 5.57. The number of nitrogens with zero attached hydrogens (tertiary/aromatic N) is 4. The normalized spacial score (nSPS) is 17.6. The molecular formula is C35H42N6O6S. The molecule has 0 radical (unpaired) electrons. The molecular weight excluding hydrogens is 632 g/mol. The van der Waals surface area contributed by atoms with Crippen molar-refractivity contribution >= 4 is 23.6 Å². The molecule has 3 aromatic carbocycles. The molecule has 0 aliphatic carbocycles. The largest absolute Gasteiger partial charge is 0.392 e. The summed E-state index contributed by atoms with van der Waals surface area (Å²) in [5.74, 6) is 0.256. The number of amides is 2. The summed E-state index contributed by atoms with van der Waals surface area (Å²) in [6.07, 6.45) is 3.56. The molecule has 254 valence electrons. The first-order valence-electron chi connectivity index (χ1n) is 16.2. The van der Waals surface area contributed by atoms with E-state index in [1.807, 2.05) is 67.7 Å². The molecule has 4 aromatic rings. The number of hydrogen-bond acceptors (Lipinski definition) is 10. The van der Waals surface area contributed by atoms with Gasteiger partial charge >= 0.3 is 0 Å². The van der Waals surface area contributed by atoms with E-state index in [0.717, 1.165) is 52.6 Å². The van der Waals surface area contributed by atoms with Gasteiger partial charge < -0.3 is 19.9 Å². The number of carbonyl (C=O) groups is 2. The number of aliphatic hydroxyl groups excluding tert-OH is 1. The first kappa shape index (κ1) is 35.2. The van der Waals surface area contributed by atoms with E-state index >= 15 is 0 Å². The summed E-state index contributed by atoms with van der Waals surface area (Å²) in [7, 11) is 1.81. The fraction of sp³-hybridized carbons (Fsp3) is 0.400. The number of hydroxylamine groups is 1. The van der Waals surface area contributed by atoms with Gasteiger partial charge in [0.15, 0.2) is 6.29 Å². The summed E-state index contributed by atoms with van der Waals surface area (Å²) in [5, 5.41) is 33.6. The number of rotatable bonds is 16. The van der Waals surface area contributed by atoms with Crippen LogP contribution >= 0.6 is 11.8 Å². The fourth-order valence-corrected chi connectivity index (χ4v) is 6.44. The van der Waals surface area contributed by atoms with Gasteiger partial charge in [0.05, 0.1) is 18.8 Å². The summed E-state index contributed by atoms with van der Waals surface area (Å²) < 4.78 is 14.6. The quantitative estimate of drug-likeness (QED) is 0.0540. The highest BCUT2D eigenvalue weighted by atomic mass is 32.2. The van der Waals surface area contributed by atoms with Crippen LogP contribution in [-0.4, -0.2) is 54.2 Å². The van der Waals surface area contributed by atoms with E-state index in [9.17, 15) is 14.7 Å². The average Bonchev–Trinajstić information content (AvgIpc) is 3.55. The Morgan fingerprint density at radius 3 is 2.31 bits per heavy atom. The molecule has 3 atom stereocenters. The number of carbonyl (C=O) groups excluding carboxylic acids is 2. The Kier molecular flexibility index (Phi) is 13.1. The van der Waals surface area contributed by atoms with Crippen LogP contribution in [0.1, 0.15) is 79.6 Å². The van der Waals surface area contributed by atoms with Crippen LogP contribution in [0.2, 0.25) is 0 Å². The molecule has 2 amide bonds. The second-order valence-corrected chi connectivity index (χ2v) is 12.7. The van der Waals surface area contributed by atoms with Gasteiger partial charge in [-0.1, -0.05) is 97.4 Å². The third kappa shape index (κ3) is 9.94. The minimum absolute atomic E-state index is 0.0106.